The summed E-state index contributed by atoms with van der Waals surface area (Å²) in [6, 6.07) is 0. The molecule has 0 bridgehead atoms. The molecule has 0 radical (unpaired) electrons. The highest BCUT2D eigenvalue weighted by Gasteiger charge is 1.98. The van der Waals surface area contributed by atoms with Crippen molar-refractivity contribution in [2.75, 3.05) is 13.6 Å². The third-order valence-corrected chi connectivity index (χ3v) is 0.484. The summed E-state index contributed by atoms with van der Waals surface area (Å²) >= 11 is 0. The van der Waals surface area contributed by atoms with Gasteiger partial charge in [0.1, 0.15) is 0 Å². The Kier molecular flexibility index (Phi) is 3.57. The van der Waals surface area contributed by atoms with Crippen LogP contribution in [0.5, 0.6) is 0 Å². The highest BCUT2D eigenvalue weighted by atomic mass is 17.0. The van der Waals surface area contributed by atoms with E-state index in [1.165, 1.54) is 6.08 Å². The van der Waals surface area contributed by atoms with Crippen molar-refractivity contribution >= 4 is 0 Å². The van der Waals surface area contributed by atoms with Crippen molar-refractivity contribution in [2.45, 2.75) is 0 Å². The minimum absolute atomic E-state index is 0.0212. The van der Waals surface area contributed by atoms with Crippen molar-refractivity contribution in [2.24, 2.45) is 0 Å². The molecule has 0 aromatic carbocycles. The van der Waals surface area contributed by atoms with Crippen molar-refractivity contribution in [3.63, 3.8) is 0 Å². The standard InChI is InChI=1S/C4H8N2O3/c1-3-4-6(8)9-5(2)7/h3H,1,4H2,2H3. The van der Waals surface area contributed by atoms with E-state index >= 15 is 0 Å². The van der Waals surface area contributed by atoms with Gasteiger partial charge in [0.05, 0.1) is 4.91 Å². The molecule has 9 heavy (non-hydrogen) atoms. The fourth-order valence-corrected chi connectivity index (χ4v) is 0.267. The topological polar surface area (TPSA) is 55.6 Å². The molecular formula is C4H8N2O3. The second-order valence-corrected chi connectivity index (χ2v) is 1.33. The molecular weight excluding hydrogens is 124 g/mol. The van der Waals surface area contributed by atoms with E-state index in [2.05, 4.69) is 11.5 Å². The summed E-state index contributed by atoms with van der Waals surface area (Å²) in [6.45, 7) is 3.24. The number of nitrogens with zero attached hydrogens (tertiary/aromatic N) is 2. The van der Waals surface area contributed by atoms with Gasteiger partial charge in [0.2, 0.25) is 12.0 Å². The maximum atomic E-state index is 10.2. The minimum Gasteiger partial charge on any atom is -0.747 e. The predicted molar refractivity (Wildman–Crippen MR) is 30.9 cm³/mol. The Morgan fingerprint density at radius 2 is 2.56 bits per heavy atom. The van der Waals surface area contributed by atoms with Crippen LogP contribution in [0.4, 0.5) is 0 Å². The Morgan fingerprint density at radius 1 is 2.00 bits per heavy atom. The zero-order valence-electron chi connectivity index (χ0n) is 5.11. The molecule has 0 unspecified atom stereocenters. The monoisotopic (exact) mass is 132 g/mol. The fraction of sp³-hybridized carbons (Fsp3) is 0.500. The lowest BCUT2D eigenvalue weighted by Gasteiger charge is -2.15. The van der Waals surface area contributed by atoms with Crippen molar-refractivity contribution in [1.29, 1.82) is 0 Å². The van der Waals surface area contributed by atoms with Crippen molar-refractivity contribution in [3.8, 4) is 0 Å². The summed E-state index contributed by atoms with van der Waals surface area (Å²) in [6.07, 6.45) is 1.33. The van der Waals surface area contributed by atoms with Gasteiger partial charge in [-0.25, -0.2) is 0 Å². The van der Waals surface area contributed by atoms with Crippen LogP contribution >= 0.6 is 0 Å². The highest BCUT2D eigenvalue weighted by molar-refractivity contribution is 4.68. The Morgan fingerprint density at radius 3 is 2.89 bits per heavy atom. The largest absolute Gasteiger partial charge is 0.747 e. The molecule has 0 aliphatic carbocycles. The van der Waals surface area contributed by atoms with E-state index in [4.69, 9.17) is 0 Å². The number of rotatable bonds is 4. The SMILES string of the molecule is C=CCN([O-])O[N+](C)=O. The first-order valence-corrected chi connectivity index (χ1v) is 2.31. The molecule has 0 aromatic rings. The van der Waals surface area contributed by atoms with Crippen LogP contribution in [0.25, 0.3) is 0 Å². The third-order valence-electron chi connectivity index (χ3n) is 0.484. The first-order valence-electron chi connectivity index (χ1n) is 2.31. The quantitative estimate of drug-likeness (QED) is 0.405. The van der Waals surface area contributed by atoms with E-state index in [0.717, 1.165) is 7.05 Å². The van der Waals surface area contributed by atoms with Gasteiger partial charge >= 0.3 is 0 Å². The van der Waals surface area contributed by atoms with Crippen LogP contribution in [0.2, 0.25) is 0 Å². The summed E-state index contributed by atoms with van der Waals surface area (Å²) in [7, 11) is 1.08. The molecule has 0 heterocycles. The molecule has 52 valence electrons. The van der Waals surface area contributed by atoms with Gasteiger partial charge in [-0.3, -0.25) is 0 Å². The summed E-state index contributed by atoms with van der Waals surface area (Å²) in [4.78, 5) is 14.0. The average Bonchev–Trinajstić information content (AvgIpc) is 1.63. The van der Waals surface area contributed by atoms with E-state index in [1.54, 1.807) is 0 Å². The van der Waals surface area contributed by atoms with Gasteiger partial charge in [-0.15, -0.1) is 16.7 Å². The molecule has 0 N–H and O–H groups in total. The molecule has 0 saturated heterocycles. The van der Waals surface area contributed by atoms with Crippen molar-refractivity contribution in [3.05, 3.63) is 22.8 Å². The lowest BCUT2D eigenvalue weighted by molar-refractivity contribution is -0.829. The smallest absolute Gasteiger partial charge is 0.241 e. The van der Waals surface area contributed by atoms with Gasteiger partial charge in [-0.05, 0) is 0 Å². The maximum absolute atomic E-state index is 10.2. The second-order valence-electron chi connectivity index (χ2n) is 1.33. The number of hydrogen-bond donors (Lipinski definition) is 0. The highest BCUT2D eigenvalue weighted by Crippen LogP contribution is 1.84. The van der Waals surface area contributed by atoms with Gasteiger partial charge in [0.15, 0.2) is 0 Å². The van der Waals surface area contributed by atoms with Gasteiger partial charge < -0.3 is 5.21 Å². The number of hydroxylamine groups is 2. The number of hydrogen-bond acceptors (Lipinski definition) is 4. The fourth-order valence-electron chi connectivity index (χ4n) is 0.267. The first kappa shape index (κ1) is 8.06. The molecule has 5 heteroatoms. The van der Waals surface area contributed by atoms with Crippen LogP contribution in [-0.4, -0.2) is 23.7 Å². The van der Waals surface area contributed by atoms with E-state index in [0.29, 0.717) is 0 Å². The van der Waals surface area contributed by atoms with Gasteiger partial charge in [0, 0.05) is 6.54 Å². The Hall–Kier alpha value is -0.940. The van der Waals surface area contributed by atoms with Crippen LogP contribution in [0.1, 0.15) is 0 Å². The molecule has 0 spiro atoms. The van der Waals surface area contributed by atoms with E-state index < -0.39 is 0 Å². The predicted octanol–water partition coefficient (Wildman–Crippen LogP) is 0.227. The zero-order chi connectivity index (χ0) is 7.28. The first-order chi connectivity index (χ1) is 4.16. The molecule has 0 amide bonds. The molecule has 0 fully saturated rings. The Bertz CT molecular complexity index is 114. The van der Waals surface area contributed by atoms with Crippen LogP contribution < -0.4 is 0 Å². The average molecular weight is 132 g/mol. The molecule has 0 aromatic heterocycles. The summed E-state index contributed by atoms with van der Waals surface area (Å²) in [5, 5.41) is 10.4. The normalized spacial score (nSPS) is 9.22. The summed E-state index contributed by atoms with van der Waals surface area (Å²) < 4.78 is 0. The van der Waals surface area contributed by atoms with Gasteiger partial charge in [-0.1, -0.05) is 6.08 Å². The van der Waals surface area contributed by atoms with Crippen molar-refractivity contribution < 1.29 is 9.86 Å². The Labute approximate surface area is 52.6 Å². The molecule has 0 aliphatic heterocycles. The zero-order valence-corrected chi connectivity index (χ0v) is 5.11. The third kappa shape index (κ3) is 4.92. The van der Waals surface area contributed by atoms with E-state index in [9.17, 15) is 10.1 Å². The lowest BCUT2D eigenvalue weighted by atomic mass is 10.7. The molecule has 0 rings (SSSR count). The van der Waals surface area contributed by atoms with Crippen LogP contribution in [0, 0.1) is 10.1 Å². The van der Waals surface area contributed by atoms with Gasteiger partial charge in [0.25, 0.3) is 0 Å². The van der Waals surface area contributed by atoms with Crippen LogP contribution in [0.15, 0.2) is 12.7 Å². The van der Waals surface area contributed by atoms with Gasteiger partial charge in [-0.2, -0.15) is 0 Å². The molecule has 5 nitrogen and oxygen atoms in total. The Balaban J connectivity index is 3.37. The molecule has 0 aliphatic rings. The summed E-state index contributed by atoms with van der Waals surface area (Å²) in [5.41, 5.74) is 0. The van der Waals surface area contributed by atoms with Crippen LogP contribution in [-0.2, 0) is 4.94 Å². The minimum atomic E-state index is -0.0212. The van der Waals surface area contributed by atoms with Crippen molar-refractivity contribution in [1.82, 2.24) is 5.23 Å². The molecule has 0 saturated carbocycles. The van der Waals surface area contributed by atoms with E-state index in [-0.39, 0.29) is 16.7 Å². The van der Waals surface area contributed by atoms with Crippen LogP contribution in [0.3, 0.4) is 0 Å². The maximum Gasteiger partial charge on any atom is 0.241 e. The summed E-state index contributed by atoms with van der Waals surface area (Å²) in [5.74, 6) is 0. The van der Waals surface area contributed by atoms with E-state index in [1.807, 2.05) is 0 Å². The molecule has 0 atom stereocenters. The second kappa shape index (κ2) is 3.99. The lowest BCUT2D eigenvalue weighted by Crippen LogP contribution is -2.21.